The molecule has 0 amide bonds. The van der Waals surface area contributed by atoms with Gasteiger partial charge in [0.2, 0.25) is 0 Å². The molecule has 1 aliphatic heterocycles. The summed E-state index contributed by atoms with van der Waals surface area (Å²) in [6.45, 7) is 13.1. The van der Waals surface area contributed by atoms with Crippen molar-refractivity contribution < 1.29 is 9.84 Å². The number of rotatable bonds is 4. The van der Waals surface area contributed by atoms with Crippen LogP contribution in [0.2, 0.25) is 0 Å². The molecule has 2 aromatic rings. The van der Waals surface area contributed by atoms with Crippen LogP contribution in [-0.4, -0.2) is 23.3 Å². The van der Waals surface area contributed by atoms with E-state index >= 15 is 0 Å². The fourth-order valence-electron chi connectivity index (χ4n) is 3.42. The zero-order chi connectivity index (χ0) is 16.8. The zero-order valence-corrected chi connectivity index (χ0v) is 15.7. The second-order valence-electron chi connectivity index (χ2n) is 6.11. The Balaban J connectivity index is 2.14. The summed E-state index contributed by atoms with van der Waals surface area (Å²) < 4.78 is 6.07. The lowest BCUT2D eigenvalue weighted by atomic mass is 9.91. The molecule has 0 radical (unpaired) electrons. The largest absolute Gasteiger partial charge is 0.369 e. The Hall–Kier alpha value is -0.980. The van der Waals surface area contributed by atoms with Gasteiger partial charge in [-0.25, -0.2) is 4.90 Å². The number of nitrogens with zero attached hydrogens (tertiary/aromatic N) is 1. The van der Waals surface area contributed by atoms with Crippen LogP contribution in [0.1, 0.15) is 36.7 Å². The van der Waals surface area contributed by atoms with E-state index in [2.05, 4.69) is 46.4 Å². The molecule has 1 N–H and O–H groups in total. The third kappa shape index (κ3) is 2.71. The maximum atomic E-state index is 11.8. The Labute approximate surface area is 145 Å². The Bertz CT molecular complexity index is 733. The van der Waals surface area contributed by atoms with Crippen molar-refractivity contribution in [3.05, 3.63) is 55.4 Å². The zero-order valence-electron chi connectivity index (χ0n) is 14.0. The van der Waals surface area contributed by atoms with Gasteiger partial charge in [0.05, 0.1) is 0 Å². The van der Waals surface area contributed by atoms with E-state index in [0.29, 0.717) is 13.3 Å². The summed E-state index contributed by atoms with van der Waals surface area (Å²) in [6.07, 6.45) is 1.44. The molecule has 0 spiro atoms. The lowest BCUT2D eigenvalue weighted by molar-refractivity contribution is -0.108. The van der Waals surface area contributed by atoms with Crippen LogP contribution < -0.4 is 0 Å². The molecule has 2 unspecified atom stereocenters. The topological polar surface area (TPSA) is 32.7 Å². The second kappa shape index (κ2) is 6.15. The minimum Gasteiger partial charge on any atom is -0.369 e. The molecule has 2 atom stereocenters. The van der Waals surface area contributed by atoms with Gasteiger partial charge in [0.15, 0.2) is 5.72 Å². The van der Waals surface area contributed by atoms with E-state index in [1.54, 1.807) is 22.7 Å². The predicted octanol–water partition coefficient (Wildman–Crippen LogP) is 4.41. The molecule has 1 aliphatic rings. The Morgan fingerprint density at radius 3 is 2.43 bits per heavy atom. The Morgan fingerprint density at radius 1 is 1.26 bits per heavy atom. The molecule has 0 aromatic carbocycles. The molecule has 1 saturated heterocycles. The molecule has 0 aliphatic carbocycles. The van der Waals surface area contributed by atoms with Crippen LogP contribution in [0.25, 0.3) is 0 Å². The van der Waals surface area contributed by atoms with Gasteiger partial charge in [-0.05, 0) is 45.4 Å². The first-order chi connectivity index (χ1) is 10.9. The third-order valence-corrected chi connectivity index (χ3v) is 6.34. The fraction of sp³-hybridized carbons (Fsp3) is 0.444. The number of aliphatic hydroxyl groups is 1. The van der Waals surface area contributed by atoms with Gasteiger partial charge < -0.3 is 9.84 Å². The van der Waals surface area contributed by atoms with E-state index in [-0.39, 0.29) is 6.10 Å². The maximum absolute atomic E-state index is 11.8. The summed E-state index contributed by atoms with van der Waals surface area (Å²) in [5.41, 5.74) is 0.888. The van der Waals surface area contributed by atoms with Crippen LogP contribution >= 0.6 is 22.7 Å². The molecule has 23 heavy (non-hydrogen) atoms. The lowest BCUT2D eigenvalue weighted by Gasteiger charge is -2.35. The van der Waals surface area contributed by atoms with Gasteiger partial charge in [0.25, 0.3) is 0 Å². The first-order valence-electron chi connectivity index (χ1n) is 7.72. The van der Waals surface area contributed by atoms with E-state index < -0.39 is 5.72 Å². The van der Waals surface area contributed by atoms with E-state index in [1.165, 1.54) is 14.6 Å². The van der Waals surface area contributed by atoms with Crippen LogP contribution in [0.4, 0.5) is 0 Å². The fourth-order valence-corrected chi connectivity index (χ4v) is 5.35. The maximum Gasteiger partial charge on any atom is 0.178 e. The summed E-state index contributed by atoms with van der Waals surface area (Å²) in [5.74, 6) is 0. The van der Waals surface area contributed by atoms with Crippen LogP contribution in [0, 0.1) is 27.7 Å². The highest BCUT2D eigenvalue weighted by atomic mass is 32.1. The number of ether oxygens (including phenoxy) is 1. The standard InChI is InChI=1S/C18H23NO2S2/c1-6-7-19-10-21-17(15-8-11(2)22-13(15)4)18(19,20)16-9-12(3)23-14(16)5/h6,8-9,17,20H,1,7,10H2,2-5H3. The summed E-state index contributed by atoms with van der Waals surface area (Å²) in [5, 5.41) is 11.8. The van der Waals surface area contributed by atoms with Gasteiger partial charge in [-0.15, -0.1) is 29.3 Å². The molecule has 0 saturated carbocycles. The van der Waals surface area contributed by atoms with Gasteiger partial charge in [0, 0.05) is 31.6 Å². The van der Waals surface area contributed by atoms with Crippen LogP contribution in [0.3, 0.4) is 0 Å². The molecular formula is C18H23NO2S2. The van der Waals surface area contributed by atoms with Crippen LogP contribution in [0.15, 0.2) is 24.8 Å². The second-order valence-corrected chi connectivity index (χ2v) is 9.03. The first kappa shape index (κ1) is 16.9. The van der Waals surface area contributed by atoms with Crippen LogP contribution in [0.5, 0.6) is 0 Å². The average molecular weight is 350 g/mol. The Morgan fingerprint density at radius 2 is 1.91 bits per heavy atom. The molecule has 1 fully saturated rings. The van der Waals surface area contributed by atoms with Gasteiger partial charge in [-0.3, -0.25) is 0 Å². The van der Waals surface area contributed by atoms with Crippen molar-refractivity contribution in [1.82, 2.24) is 4.90 Å². The SMILES string of the molecule is C=CCN1COC(c2cc(C)sc2C)C1(O)c1cc(C)sc1C. The van der Waals surface area contributed by atoms with Crippen molar-refractivity contribution in [3.63, 3.8) is 0 Å². The third-order valence-electron chi connectivity index (χ3n) is 4.39. The molecule has 124 valence electrons. The number of hydrogen-bond donors (Lipinski definition) is 1. The number of hydrogen-bond acceptors (Lipinski definition) is 5. The summed E-state index contributed by atoms with van der Waals surface area (Å²) in [4.78, 5) is 6.75. The van der Waals surface area contributed by atoms with E-state index in [1.807, 2.05) is 11.0 Å². The molecule has 3 rings (SSSR count). The minimum atomic E-state index is -1.15. The normalized spacial score (nSPS) is 25.2. The van der Waals surface area contributed by atoms with Crippen molar-refractivity contribution in [3.8, 4) is 0 Å². The molecule has 5 heteroatoms. The van der Waals surface area contributed by atoms with Crippen molar-refractivity contribution in [1.29, 1.82) is 0 Å². The summed E-state index contributed by atoms with van der Waals surface area (Å²) in [7, 11) is 0. The lowest BCUT2D eigenvalue weighted by Crippen LogP contribution is -2.44. The highest BCUT2D eigenvalue weighted by Gasteiger charge is 2.52. The van der Waals surface area contributed by atoms with Crippen molar-refractivity contribution in [2.24, 2.45) is 0 Å². The molecule has 2 aromatic heterocycles. The summed E-state index contributed by atoms with van der Waals surface area (Å²) in [6, 6.07) is 4.23. The molecule has 3 heterocycles. The van der Waals surface area contributed by atoms with E-state index in [9.17, 15) is 5.11 Å². The predicted molar refractivity (Wildman–Crippen MR) is 97.1 cm³/mol. The van der Waals surface area contributed by atoms with Crippen molar-refractivity contribution in [2.75, 3.05) is 13.3 Å². The minimum absolute atomic E-state index is 0.375. The average Bonchev–Trinajstić information content (AvgIpc) is 3.09. The first-order valence-corrected chi connectivity index (χ1v) is 9.35. The van der Waals surface area contributed by atoms with Gasteiger partial charge in [-0.2, -0.15) is 0 Å². The van der Waals surface area contributed by atoms with Crippen molar-refractivity contribution in [2.45, 2.75) is 39.5 Å². The van der Waals surface area contributed by atoms with Gasteiger partial charge in [0.1, 0.15) is 12.8 Å². The molecule has 0 bridgehead atoms. The van der Waals surface area contributed by atoms with Gasteiger partial charge >= 0.3 is 0 Å². The smallest absolute Gasteiger partial charge is 0.178 e. The van der Waals surface area contributed by atoms with E-state index in [4.69, 9.17) is 4.74 Å². The molecule has 3 nitrogen and oxygen atoms in total. The highest BCUT2D eigenvalue weighted by molar-refractivity contribution is 7.12. The van der Waals surface area contributed by atoms with E-state index in [0.717, 1.165) is 16.0 Å². The number of aryl methyl sites for hydroxylation is 4. The Kier molecular flexibility index (Phi) is 4.51. The number of thiophene rings is 2. The highest BCUT2D eigenvalue weighted by Crippen LogP contribution is 2.49. The quantitative estimate of drug-likeness (QED) is 0.830. The van der Waals surface area contributed by atoms with Crippen molar-refractivity contribution >= 4 is 22.7 Å². The summed E-state index contributed by atoms with van der Waals surface area (Å²) >= 11 is 3.46. The molecular weight excluding hydrogens is 326 g/mol. The van der Waals surface area contributed by atoms with Crippen LogP contribution in [-0.2, 0) is 10.5 Å². The monoisotopic (exact) mass is 349 g/mol. The van der Waals surface area contributed by atoms with Gasteiger partial charge in [-0.1, -0.05) is 6.08 Å².